The predicted molar refractivity (Wildman–Crippen MR) is 102 cm³/mol. The van der Waals surface area contributed by atoms with Crippen LogP contribution in [0.25, 0.3) is 21.8 Å². The first kappa shape index (κ1) is 17.6. The summed E-state index contributed by atoms with van der Waals surface area (Å²) in [6, 6.07) is 12.4. The number of hydrogen-bond acceptors (Lipinski definition) is 4. The molecule has 3 aromatic rings. The Morgan fingerprint density at radius 2 is 1.81 bits per heavy atom. The molecule has 0 aliphatic rings. The predicted octanol–water partition coefficient (Wildman–Crippen LogP) is 2.77. The molecule has 1 aromatic heterocycles. The molecule has 3 rings (SSSR count). The third kappa shape index (κ3) is 3.57. The number of benzene rings is 2. The molecule has 0 unspecified atom stereocenters. The molecular weight excluding hydrogens is 332 g/mol. The van der Waals surface area contributed by atoms with Crippen molar-refractivity contribution in [1.29, 1.82) is 0 Å². The lowest BCUT2D eigenvalue weighted by Gasteiger charge is -2.14. The number of pyridine rings is 1. The van der Waals surface area contributed by atoms with Gasteiger partial charge in [-0.15, -0.1) is 0 Å². The lowest BCUT2D eigenvalue weighted by atomic mass is 10.0. The molecule has 7 heteroatoms. The molecule has 0 saturated carbocycles. The minimum absolute atomic E-state index is 0.235. The van der Waals surface area contributed by atoms with E-state index >= 15 is 0 Å². The minimum atomic E-state index is -1.16. The van der Waals surface area contributed by atoms with Gasteiger partial charge in [0.1, 0.15) is 0 Å². The van der Waals surface area contributed by atoms with E-state index in [0.29, 0.717) is 39.6 Å². The second kappa shape index (κ2) is 7.37. The molecule has 1 heterocycles. The van der Waals surface area contributed by atoms with E-state index in [9.17, 15) is 14.7 Å². The maximum atomic E-state index is 12.6. The monoisotopic (exact) mass is 352 g/mol. The van der Waals surface area contributed by atoms with Gasteiger partial charge in [-0.25, -0.2) is 9.78 Å². The second-order valence-corrected chi connectivity index (χ2v) is 6.20. The van der Waals surface area contributed by atoms with E-state index < -0.39 is 6.09 Å². The maximum absolute atomic E-state index is 12.6. The van der Waals surface area contributed by atoms with Gasteiger partial charge < -0.3 is 15.3 Å². The van der Waals surface area contributed by atoms with Gasteiger partial charge in [-0.1, -0.05) is 30.3 Å². The quantitative estimate of drug-likeness (QED) is 0.614. The Kier molecular flexibility index (Phi) is 4.99. The highest BCUT2D eigenvalue weighted by molar-refractivity contribution is 6.16. The Labute approximate surface area is 150 Å². The number of carboxylic acid groups (broad SMARTS) is 1. The number of nitrogens with one attached hydrogen (secondary N) is 2. The minimum Gasteiger partial charge on any atom is -0.465 e. The Balaban J connectivity index is 2.13. The molecule has 0 spiro atoms. The molecule has 0 saturated heterocycles. The van der Waals surface area contributed by atoms with Crippen LogP contribution in [0.1, 0.15) is 10.4 Å². The fourth-order valence-corrected chi connectivity index (χ4v) is 2.83. The Hall–Kier alpha value is -3.19. The zero-order chi connectivity index (χ0) is 18.7. The average Bonchev–Trinajstić information content (AvgIpc) is 2.60. The van der Waals surface area contributed by atoms with Crippen molar-refractivity contribution in [3.05, 3.63) is 48.0 Å². The van der Waals surface area contributed by atoms with E-state index in [-0.39, 0.29) is 5.91 Å². The van der Waals surface area contributed by atoms with Gasteiger partial charge in [0.2, 0.25) is 0 Å². The summed E-state index contributed by atoms with van der Waals surface area (Å²) >= 11 is 0. The highest BCUT2D eigenvalue weighted by Crippen LogP contribution is 2.32. The fraction of sp³-hybridized carbons (Fsp3) is 0.211. The summed E-state index contributed by atoms with van der Waals surface area (Å²) in [4.78, 5) is 30.4. The Bertz CT molecular complexity index is 985. The van der Waals surface area contributed by atoms with Crippen LogP contribution in [0.5, 0.6) is 0 Å². The lowest BCUT2D eigenvalue weighted by Crippen LogP contribution is -2.31. The van der Waals surface area contributed by atoms with Crippen molar-refractivity contribution >= 4 is 39.5 Å². The van der Waals surface area contributed by atoms with Crippen LogP contribution in [0.4, 0.5) is 10.5 Å². The van der Waals surface area contributed by atoms with Gasteiger partial charge in [-0.05, 0) is 26.2 Å². The normalized spacial score (nSPS) is 11.0. The number of amides is 2. The molecule has 3 N–H and O–H groups in total. The van der Waals surface area contributed by atoms with Crippen molar-refractivity contribution in [2.24, 2.45) is 0 Å². The van der Waals surface area contributed by atoms with E-state index in [2.05, 4.69) is 15.6 Å². The van der Waals surface area contributed by atoms with Crippen molar-refractivity contribution in [2.45, 2.75) is 0 Å². The molecule has 0 fully saturated rings. The largest absolute Gasteiger partial charge is 0.465 e. The number of para-hydroxylation sites is 2. The van der Waals surface area contributed by atoms with E-state index in [4.69, 9.17) is 0 Å². The number of hydrogen-bond donors (Lipinski definition) is 3. The number of fused-ring (bicyclic) bond motifs is 2. The Morgan fingerprint density at radius 1 is 1.08 bits per heavy atom. The van der Waals surface area contributed by atoms with Crippen molar-refractivity contribution in [1.82, 2.24) is 15.2 Å². The highest BCUT2D eigenvalue weighted by Gasteiger charge is 2.16. The van der Waals surface area contributed by atoms with Crippen molar-refractivity contribution < 1.29 is 14.7 Å². The number of aromatic nitrogens is 1. The van der Waals surface area contributed by atoms with Crippen LogP contribution in [-0.4, -0.2) is 54.2 Å². The molecular formula is C19H20N4O3. The third-order valence-electron chi connectivity index (χ3n) is 4.03. The maximum Gasteiger partial charge on any atom is 0.409 e. The molecule has 0 atom stereocenters. The van der Waals surface area contributed by atoms with Crippen LogP contribution < -0.4 is 10.6 Å². The van der Waals surface area contributed by atoms with E-state index in [1.54, 1.807) is 30.3 Å². The number of likely N-dealkylation sites (N-methyl/N-ethyl adjacent to an activating group) is 1. The zero-order valence-electron chi connectivity index (χ0n) is 14.6. The lowest BCUT2D eigenvalue weighted by molar-refractivity contribution is 0.0952. The molecule has 0 bridgehead atoms. The summed E-state index contributed by atoms with van der Waals surface area (Å²) in [6.45, 7) is 1.23. The van der Waals surface area contributed by atoms with Crippen LogP contribution in [-0.2, 0) is 0 Å². The molecule has 7 nitrogen and oxygen atoms in total. The van der Waals surface area contributed by atoms with Crippen LogP contribution in [0.2, 0.25) is 0 Å². The summed E-state index contributed by atoms with van der Waals surface area (Å²) in [6.07, 6.45) is -1.16. The van der Waals surface area contributed by atoms with Gasteiger partial charge in [-0.3, -0.25) is 10.1 Å². The molecule has 134 valence electrons. The number of carbonyl (C=O) groups is 2. The topological polar surface area (TPSA) is 94.6 Å². The van der Waals surface area contributed by atoms with Crippen molar-refractivity contribution in [2.75, 3.05) is 32.5 Å². The van der Waals surface area contributed by atoms with Gasteiger partial charge >= 0.3 is 6.09 Å². The van der Waals surface area contributed by atoms with Crippen molar-refractivity contribution in [3.63, 3.8) is 0 Å². The fourth-order valence-electron chi connectivity index (χ4n) is 2.83. The molecule has 2 aromatic carbocycles. The molecule has 26 heavy (non-hydrogen) atoms. The van der Waals surface area contributed by atoms with Crippen molar-refractivity contribution in [3.8, 4) is 0 Å². The number of nitrogens with zero attached hydrogens (tertiary/aromatic N) is 2. The first-order valence-electron chi connectivity index (χ1n) is 8.21. The van der Waals surface area contributed by atoms with E-state index in [0.717, 1.165) is 6.54 Å². The number of anilines is 1. The van der Waals surface area contributed by atoms with Gasteiger partial charge in [0.15, 0.2) is 0 Å². The van der Waals surface area contributed by atoms with Gasteiger partial charge in [0.25, 0.3) is 5.91 Å². The van der Waals surface area contributed by atoms with E-state index in [1.165, 1.54) is 0 Å². The first-order valence-corrected chi connectivity index (χ1v) is 8.21. The first-order chi connectivity index (χ1) is 12.5. The molecule has 2 amide bonds. The van der Waals surface area contributed by atoms with Gasteiger partial charge in [-0.2, -0.15) is 0 Å². The average molecular weight is 352 g/mol. The molecule has 0 aliphatic heterocycles. The number of rotatable bonds is 5. The number of carbonyl (C=O) groups excluding carboxylic acids is 1. The SMILES string of the molecule is CN(C)CCNC(=O)c1cccc2c(NC(=O)O)c3ccccc3nc12. The second-order valence-electron chi connectivity index (χ2n) is 6.20. The van der Waals surface area contributed by atoms with E-state index in [1.807, 2.05) is 31.1 Å². The van der Waals surface area contributed by atoms with Crippen LogP contribution >= 0.6 is 0 Å². The molecule has 0 aliphatic carbocycles. The van der Waals surface area contributed by atoms with Crippen LogP contribution in [0.15, 0.2) is 42.5 Å². The third-order valence-corrected chi connectivity index (χ3v) is 4.03. The highest BCUT2D eigenvalue weighted by atomic mass is 16.4. The van der Waals surface area contributed by atoms with Gasteiger partial charge in [0.05, 0.1) is 22.3 Å². The van der Waals surface area contributed by atoms with Gasteiger partial charge in [0, 0.05) is 23.9 Å². The summed E-state index contributed by atoms with van der Waals surface area (Å²) in [5.74, 6) is -0.235. The summed E-state index contributed by atoms with van der Waals surface area (Å²) in [7, 11) is 3.86. The van der Waals surface area contributed by atoms with Crippen LogP contribution in [0.3, 0.4) is 0 Å². The standard InChI is InChI=1S/C19H20N4O3/c1-23(2)11-10-20-18(24)14-8-5-7-13-16(22-19(25)26)12-6-3-4-9-15(12)21-17(13)14/h3-9H,10-11H2,1-2H3,(H,20,24)(H,21,22)(H,25,26). The van der Waals surface area contributed by atoms with Crippen LogP contribution in [0, 0.1) is 0 Å². The molecule has 0 radical (unpaired) electrons. The smallest absolute Gasteiger partial charge is 0.409 e. The summed E-state index contributed by atoms with van der Waals surface area (Å²) < 4.78 is 0. The zero-order valence-corrected chi connectivity index (χ0v) is 14.6. The summed E-state index contributed by atoms with van der Waals surface area (Å²) in [5.41, 5.74) is 1.94. The summed E-state index contributed by atoms with van der Waals surface area (Å²) in [5, 5.41) is 15.8. The Morgan fingerprint density at radius 3 is 2.54 bits per heavy atom.